The predicted molar refractivity (Wildman–Crippen MR) is 136 cm³/mol. The van der Waals surface area contributed by atoms with E-state index < -0.39 is 0 Å². The van der Waals surface area contributed by atoms with Gasteiger partial charge in [-0.2, -0.15) is 0 Å². The van der Waals surface area contributed by atoms with Crippen molar-refractivity contribution in [2.45, 2.75) is 44.9 Å². The van der Waals surface area contributed by atoms with Crippen LogP contribution in [0.1, 0.15) is 25.5 Å². The van der Waals surface area contributed by atoms with Crippen molar-refractivity contribution in [1.82, 2.24) is 24.2 Å². The first-order chi connectivity index (χ1) is 17.0. The molecular weight excluding hydrogens is 445 g/mol. The maximum atomic E-state index is 12.6. The third kappa shape index (κ3) is 5.13. The highest BCUT2D eigenvalue weighted by Crippen LogP contribution is 2.30. The lowest BCUT2D eigenvalue weighted by Gasteiger charge is -2.41. The minimum atomic E-state index is -0.0123. The van der Waals surface area contributed by atoms with E-state index in [0.29, 0.717) is 37.6 Å². The molecular formula is C25H32BN5O4. The van der Waals surface area contributed by atoms with Crippen molar-refractivity contribution in [3.8, 4) is 17.2 Å². The second kappa shape index (κ2) is 10.3. The average molecular weight is 477 g/mol. The minimum Gasteiger partial charge on any atom is -0.495 e. The summed E-state index contributed by atoms with van der Waals surface area (Å²) < 4.78 is 18.4. The molecule has 2 unspecified atom stereocenters. The molecule has 0 aromatic carbocycles. The van der Waals surface area contributed by atoms with Gasteiger partial charge in [0.25, 0.3) is 5.56 Å². The first kappa shape index (κ1) is 23.6. The summed E-state index contributed by atoms with van der Waals surface area (Å²) in [5.74, 6) is 2.17. The molecule has 2 aliphatic heterocycles. The van der Waals surface area contributed by atoms with E-state index >= 15 is 0 Å². The van der Waals surface area contributed by atoms with Gasteiger partial charge >= 0.3 is 0 Å². The Morgan fingerprint density at radius 1 is 1.14 bits per heavy atom. The Morgan fingerprint density at radius 3 is 2.77 bits per heavy atom. The van der Waals surface area contributed by atoms with Gasteiger partial charge < -0.3 is 23.6 Å². The SMILES string of the molecule is BN(Cc1cc2c(cn1)OCCO2)C1CCN(CCn2c(=O)ccc3ncc(OC)cc32)C(C)C1. The van der Waals surface area contributed by atoms with Gasteiger partial charge in [0.15, 0.2) is 19.5 Å². The van der Waals surface area contributed by atoms with Crippen molar-refractivity contribution in [2.75, 3.05) is 33.4 Å². The number of rotatable bonds is 7. The number of ether oxygens (including phenoxy) is 3. The highest BCUT2D eigenvalue weighted by Gasteiger charge is 2.28. The highest BCUT2D eigenvalue weighted by molar-refractivity contribution is 6.04. The molecule has 3 aromatic rings. The lowest BCUT2D eigenvalue weighted by molar-refractivity contribution is 0.103. The maximum absolute atomic E-state index is 12.6. The van der Waals surface area contributed by atoms with Crippen molar-refractivity contribution in [2.24, 2.45) is 0 Å². The van der Waals surface area contributed by atoms with Crippen LogP contribution >= 0.6 is 0 Å². The third-order valence-corrected chi connectivity index (χ3v) is 7.17. The molecule has 3 aromatic heterocycles. The van der Waals surface area contributed by atoms with Gasteiger partial charge in [0, 0.05) is 49.9 Å². The summed E-state index contributed by atoms with van der Waals surface area (Å²) in [6, 6.07) is 8.15. The van der Waals surface area contributed by atoms with Crippen molar-refractivity contribution in [3.63, 3.8) is 0 Å². The number of nitrogens with zero attached hydrogens (tertiary/aromatic N) is 5. The fourth-order valence-corrected chi connectivity index (χ4v) is 5.11. The van der Waals surface area contributed by atoms with Crippen molar-refractivity contribution in [3.05, 3.63) is 52.7 Å². The van der Waals surface area contributed by atoms with Gasteiger partial charge in [-0.05, 0) is 32.4 Å². The second-order valence-electron chi connectivity index (χ2n) is 9.40. The molecule has 184 valence electrons. The van der Waals surface area contributed by atoms with Crippen LogP contribution in [0.15, 0.2) is 41.5 Å². The summed E-state index contributed by atoms with van der Waals surface area (Å²) in [7, 11) is 3.78. The fourth-order valence-electron chi connectivity index (χ4n) is 5.11. The predicted octanol–water partition coefficient (Wildman–Crippen LogP) is 1.47. The van der Waals surface area contributed by atoms with Gasteiger partial charge in [0.05, 0.1) is 36.2 Å². The molecule has 0 saturated carbocycles. The lowest BCUT2D eigenvalue weighted by Crippen LogP contribution is -2.49. The zero-order chi connectivity index (χ0) is 24.4. The number of likely N-dealkylation sites (tertiary alicyclic amines) is 1. The average Bonchev–Trinajstić information content (AvgIpc) is 2.88. The van der Waals surface area contributed by atoms with Crippen LogP contribution in [-0.2, 0) is 13.1 Å². The number of fused-ring (bicyclic) bond motifs is 2. The third-order valence-electron chi connectivity index (χ3n) is 7.17. The van der Waals surface area contributed by atoms with Gasteiger partial charge in [0.2, 0.25) is 0 Å². The summed E-state index contributed by atoms with van der Waals surface area (Å²) >= 11 is 0. The molecule has 10 heteroatoms. The molecule has 1 saturated heterocycles. The molecule has 0 radical (unpaired) electrons. The number of aromatic nitrogens is 3. The van der Waals surface area contributed by atoms with Crippen molar-refractivity contribution in [1.29, 1.82) is 0 Å². The van der Waals surface area contributed by atoms with E-state index in [1.807, 2.05) is 16.7 Å². The maximum Gasteiger partial charge on any atom is 0.251 e. The van der Waals surface area contributed by atoms with Crippen molar-refractivity contribution >= 4 is 19.0 Å². The van der Waals surface area contributed by atoms with Crippen LogP contribution in [0.2, 0.25) is 0 Å². The first-order valence-electron chi connectivity index (χ1n) is 12.2. The number of piperidine rings is 1. The van der Waals surface area contributed by atoms with Gasteiger partial charge in [-0.15, -0.1) is 0 Å². The zero-order valence-corrected chi connectivity index (χ0v) is 20.6. The van der Waals surface area contributed by atoms with Crippen LogP contribution in [0.5, 0.6) is 17.2 Å². The van der Waals surface area contributed by atoms with Crippen LogP contribution in [0.4, 0.5) is 0 Å². The van der Waals surface area contributed by atoms with Gasteiger partial charge in [-0.1, -0.05) is 0 Å². The second-order valence-corrected chi connectivity index (χ2v) is 9.40. The molecule has 9 nitrogen and oxygen atoms in total. The Bertz CT molecular complexity index is 1250. The molecule has 5 heterocycles. The van der Waals surface area contributed by atoms with Crippen LogP contribution in [0.3, 0.4) is 0 Å². The Morgan fingerprint density at radius 2 is 1.97 bits per heavy atom. The van der Waals surface area contributed by atoms with E-state index in [9.17, 15) is 4.79 Å². The standard InChI is InChI=1S/C25H32BN5O4/c1-17-11-19(31(26)16-18-12-23-24(15-27-18)35-10-9-34-23)5-6-29(17)7-8-30-22-13-20(33-2)14-28-21(22)3-4-25(30)32/h3-4,12-15,17,19H,5-11,16,26H2,1-2H3. The normalized spacial score (nSPS) is 20.3. The number of methoxy groups -OCH3 is 1. The van der Waals surface area contributed by atoms with Gasteiger partial charge in [-0.25, -0.2) is 0 Å². The largest absolute Gasteiger partial charge is 0.495 e. The molecule has 5 rings (SSSR count). The number of pyridine rings is 3. The minimum absolute atomic E-state index is 0.0123. The molecule has 0 spiro atoms. The Hall–Kier alpha value is -3.11. The molecule has 0 N–H and O–H groups in total. The number of hydrogen-bond acceptors (Lipinski definition) is 8. The Labute approximate surface area is 206 Å². The highest BCUT2D eigenvalue weighted by atomic mass is 16.6. The molecule has 35 heavy (non-hydrogen) atoms. The molecule has 2 aliphatic rings. The van der Waals surface area contributed by atoms with Crippen molar-refractivity contribution < 1.29 is 14.2 Å². The quantitative estimate of drug-likeness (QED) is 0.474. The Kier molecular flexibility index (Phi) is 6.92. The first-order valence-corrected chi connectivity index (χ1v) is 12.2. The van der Waals surface area contributed by atoms with E-state index in [4.69, 9.17) is 14.2 Å². The monoisotopic (exact) mass is 477 g/mol. The summed E-state index contributed by atoms with van der Waals surface area (Å²) in [5.41, 5.74) is 2.59. The molecule has 1 fully saturated rings. The topological polar surface area (TPSA) is 82.0 Å². The van der Waals surface area contributed by atoms with E-state index in [0.717, 1.165) is 60.7 Å². The summed E-state index contributed by atoms with van der Waals surface area (Å²) in [6.07, 6.45) is 5.59. The van der Waals surface area contributed by atoms with Gasteiger partial charge in [-0.3, -0.25) is 19.7 Å². The molecule has 0 bridgehead atoms. The Balaban J connectivity index is 1.20. The van der Waals surface area contributed by atoms with E-state index in [1.54, 1.807) is 31.6 Å². The van der Waals surface area contributed by atoms with Crippen LogP contribution in [0, 0.1) is 0 Å². The molecule has 0 aliphatic carbocycles. The van der Waals surface area contributed by atoms with Crippen LogP contribution in [0.25, 0.3) is 11.0 Å². The van der Waals surface area contributed by atoms with Gasteiger partial charge in [0.1, 0.15) is 19.0 Å². The van der Waals surface area contributed by atoms with E-state index in [1.165, 1.54) is 0 Å². The van der Waals surface area contributed by atoms with Crippen LogP contribution < -0.4 is 19.8 Å². The smallest absolute Gasteiger partial charge is 0.251 e. The lowest BCUT2D eigenvalue weighted by atomic mass is 9.94. The summed E-state index contributed by atoms with van der Waals surface area (Å²) in [5, 5.41) is 0. The van der Waals surface area contributed by atoms with Crippen LogP contribution in [-0.4, -0.2) is 77.7 Å². The molecule has 2 atom stereocenters. The summed E-state index contributed by atoms with van der Waals surface area (Å²) in [4.78, 5) is 26.5. The molecule has 0 amide bonds. The fraction of sp³-hybridized carbons (Fsp3) is 0.480. The number of hydrogen-bond donors (Lipinski definition) is 0. The van der Waals surface area contributed by atoms with E-state index in [2.05, 4.69) is 34.6 Å². The van der Waals surface area contributed by atoms with E-state index in [-0.39, 0.29) is 5.56 Å². The zero-order valence-electron chi connectivity index (χ0n) is 20.6. The summed E-state index contributed by atoms with van der Waals surface area (Å²) in [6.45, 7) is 6.63.